The number of benzene rings is 2. The van der Waals surface area contributed by atoms with Crippen LogP contribution in [-0.2, 0) is 24.3 Å². The van der Waals surface area contributed by atoms with E-state index >= 15 is 0 Å². The molecule has 2 aliphatic rings. The van der Waals surface area contributed by atoms with Gasteiger partial charge in [-0.25, -0.2) is 13.1 Å². The Morgan fingerprint density at radius 3 is 2.39 bits per heavy atom. The van der Waals surface area contributed by atoms with E-state index in [2.05, 4.69) is 4.72 Å². The zero-order chi connectivity index (χ0) is 27.7. The second-order valence-electron chi connectivity index (χ2n) is 10.4. The Bertz CT molecular complexity index is 1280. The molecule has 2 heterocycles. The van der Waals surface area contributed by atoms with Crippen LogP contribution >= 0.6 is 23.2 Å². The molecule has 8 nitrogen and oxygen atoms in total. The van der Waals surface area contributed by atoms with Crippen LogP contribution in [0.15, 0.2) is 48.5 Å². The summed E-state index contributed by atoms with van der Waals surface area (Å²) < 4.78 is 34.0. The number of nitrogens with zero attached hydrogens (tertiary/aromatic N) is 1. The van der Waals surface area contributed by atoms with Crippen LogP contribution in [0.25, 0.3) is 0 Å². The number of carboxylic acid groups (broad SMARTS) is 1. The van der Waals surface area contributed by atoms with Crippen molar-refractivity contribution in [1.29, 1.82) is 0 Å². The molecular weight excluding hydrogens is 551 g/mol. The summed E-state index contributed by atoms with van der Waals surface area (Å²) in [5, 5.41) is 10.8. The fourth-order valence-electron chi connectivity index (χ4n) is 5.53. The second kappa shape index (κ2) is 11.5. The number of aliphatic carboxylic acids is 1. The van der Waals surface area contributed by atoms with Crippen molar-refractivity contribution in [2.24, 2.45) is 5.41 Å². The first-order valence-electron chi connectivity index (χ1n) is 12.6. The Labute approximate surface area is 233 Å². The van der Waals surface area contributed by atoms with E-state index < -0.39 is 33.5 Å². The molecule has 2 aliphatic heterocycles. The highest BCUT2D eigenvalue weighted by Crippen LogP contribution is 2.52. The van der Waals surface area contributed by atoms with Gasteiger partial charge in [-0.3, -0.25) is 9.59 Å². The summed E-state index contributed by atoms with van der Waals surface area (Å²) >= 11 is 12.5. The molecule has 0 radical (unpaired) electrons. The molecule has 0 aliphatic carbocycles. The van der Waals surface area contributed by atoms with Crippen molar-refractivity contribution >= 4 is 45.1 Å². The molecule has 2 N–H and O–H groups in total. The first-order chi connectivity index (χ1) is 17.9. The van der Waals surface area contributed by atoms with Gasteiger partial charge in [0.2, 0.25) is 15.9 Å². The van der Waals surface area contributed by atoms with Crippen LogP contribution < -0.4 is 4.72 Å². The number of likely N-dealkylation sites (tertiary alicyclic amines) is 1. The summed E-state index contributed by atoms with van der Waals surface area (Å²) in [7, 11) is -3.77. The predicted octanol–water partition coefficient (Wildman–Crippen LogP) is 4.63. The molecule has 1 amide bonds. The lowest BCUT2D eigenvalue weighted by Gasteiger charge is -2.51. The highest BCUT2D eigenvalue weighted by molar-refractivity contribution is 7.89. The van der Waals surface area contributed by atoms with Crippen molar-refractivity contribution in [1.82, 2.24) is 9.62 Å². The van der Waals surface area contributed by atoms with Gasteiger partial charge in [0.1, 0.15) is 0 Å². The predicted molar refractivity (Wildman–Crippen MR) is 146 cm³/mol. The fourth-order valence-corrected chi connectivity index (χ4v) is 7.50. The van der Waals surface area contributed by atoms with E-state index in [1.807, 2.05) is 37.3 Å². The summed E-state index contributed by atoms with van der Waals surface area (Å²) in [6.45, 7) is 4.09. The topological polar surface area (TPSA) is 113 Å². The van der Waals surface area contributed by atoms with Gasteiger partial charge in [0, 0.05) is 22.0 Å². The number of carbonyl (C=O) groups excluding carboxylic acids is 1. The van der Waals surface area contributed by atoms with Gasteiger partial charge in [0.05, 0.1) is 42.9 Å². The van der Waals surface area contributed by atoms with Gasteiger partial charge >= 0.3 is 5.97 Å². The van der Waals surface area contributed by atoms with Crippen molar-refractivity contribution < 1.29 is 27.9 Å². The number of carboxylic acids is 1. The number of sulfonamides is 1. The summed E-state index contributed by atoms with van der Waals surface area (Å²) in [5.74, 6) is -2.14. The van der Waals surface area contributed by atoms with Gasteiger partial charge in [0.25, 0.3) is 0 Å². The summed E-state index contributed by atoms with van der Waals surface area (Å²) in [6, 6.07) is 12.9. The molecule has 2 aromatic rings. The van der Waals surface area contributed by atoms with E-state index in [1.54, 1.807) is 30.0 Å². The van der Waals surface area contributed by atoms with Gasteiger partial charge in [0.15, 0.2) is 0 Å². The first-order valence-corrected chi connectivity index (χ1v) is 15.0. The van der Waals surface area contributed by atoms with Crippen LogP contribution in [0.1, 0.15) is 56.2 Å². The Hall–Kier alpha value is -2.17. The molecule has 4 rings (SSSR count). The van der Waals surface area contributed by atoms with Crippen molar-refractivity contribution in [3.8, 4) is 0 Å². The maximum atomic E-state index is 14.2. The SMILES string of the molecule is CCC(CS(=O)(=O)NC1COC1)N1C(=O)C(C)(CC(=O)O)CC(c2cccc(Cl)c2)C1c1ccc(Cl)cc1. The lowest BCUT2D eigenvalue weighted by atomic mass is 9.67. The minimum Gasteiger partial charge on any atom is -0.481 e. The molecule has 4 unspecified atom stereocenters. The number of carbonyl (C=O) groups is 2. The molecule has 0 aromatic heterocycles. The summed E-state index contributed by atoms with van der Waals surface area (Å²) in [6.07, 6.45) is 0.222. The first kappa shape index (κ1) is 28.8. The zero-order valence-corrected chi connectivity index (χ0v) is 23.6. The molecule has 38 heavy (non-hydrogen) atoms. The maximum Gasteiger partial charge on any atom is 0.304 e. The van der Waals surface area contributed by atoms with Gasteiger partial charge < -0.3 is 14.7 Å². The Morgan fingerprint density at radius 1 is 1.16 bits per heavy atom. The third-order valence-corrected chi connectivity index (χ3v) is 9.40. The lowest BCUT2D eigenvalue weighted by Crippen LogP contribution is -2.58. The van der Waals surface area contributed by atoms with Gasteiger partial charge in [-0.05, 0) is 48.2 Å². The number of amides is 1. The lowest BCUT2D eigenvalue weighted by molar-refractivity contribution is -0.160. The summed E-state index contributed by atoms with van der Waals surface area (Å²) in [5.41, 5.74) is 0.365. The van der Waals surface area contributed by atoms with Gasteiger partial charge in [-0.15, -0.1) is 0 Å². The van der Waals surface area contributed by atoms with Gasteiger partial charge in [-0.1, -0.05) is 61.3 Å². The monoisotopic (exact) mass is 582 g/mol. The highest BCUT2D eigenvalue weighted by Gasteiger charge is 2.52. The fraction of sp³-hybridized carbons (Fsp3) is 0.481. The van der Waals surface area contributed by atoms with Crippen LogP contribution in [0.4, 0.5) is 0 Å². The molecule has 4 atom stereocenters. The largest absolute Gasteiger partial charge is 0.481 e. The minimum absolute atomic E-state index is 0.253. The molecule has 11 heteroatoms. The third kappa shape index (κ3) is 6.34. The van der Waals surface area contributed by atoms with Crippen LogP contribution in [-0.4, -0.2) is 61.4 Å². The molecule has 2 fully saturated rings. The van der Waals surface area contributed by atoms with Crippen LogP contribution in [0, 0.1) is 5.41 Å². The second-order valence-corrected chi connectivity index (χ2v) is 13.1. The van der Waals surface area contributed by atoms with Crippen molar-refractivity contribution in [2.75, 3.05) is 19.0 Å². The molecule has 0 saturated carbocycles. The van der Waals surface area contributed by atoms with E-state index in [-0.39, 0.29) is 36.5 Å². The average molecular weight is 584 g/mol. The number of halogens is 2. The van der Waals surface area contributed by atoms with E-state index in [0.717, 1.165) is 11.1 Å². The number of hydrogen-bond donors (Lipinski definition) is 2. The molecule has 2 saturated heterocycles. The average Bonchev–Trinajstić information content (AvgIpc) is 2.82. The Kier molecular flexibility index (Phi) is 8.74. The van der Waals surface area contributed by atoms with Crippen molar-refractivity contribution in [3.63, 3.8) is 0 Å². The quantitative estimate of drug-likeness (QED) is 0.422. The van der Waals surface area contributed by atoms with E-state index in [4.69, 9.17) is 27.9 Å². The van der Waals surface area contributed by atoms with E-state index in [0.29, 0.717) is 29.7 Å². The van der Waals surface area contributed by atoms with Gasteiger partial charge in [-0.2, -0.15) is 0 Å². The van der Waals surface area contributed by atoms with Crippen molar-refractivity contribution in [3.05, 3.63) is 69.7 Å². The number of hydrogen-bond acceptors (Lipinski definition) is 5. The van der Waals surface area contributed by atoms with Crippen LogP contribution in [0.5, 0.6) is 0 Å². The Morgan fingerprint density at radius 2 is 1.84 bits per heavy atom. The molecule has 0 bridgehead atoms. The van der Waals surface area contributed by atoms with Crippen molar-refractivity contribution in [2.45, 2.75) is 57.2 Å². The maximum absolute atomic E-state index is 14.2. The number of rotatable bonds is 10. The smallest absolute Gasteiger partial charge is 0.304 e. The minimum atomic E-state index is -3.77. The van der Waals surface area contributed by atoms with Crippen LogP contribution in [0.2, 0.25) is 10.0 Å². The molecule has 2 aromatic carbocycles. The molecular formula is C27H32Cl2N2O6S. The molecule has 0 spiro atoms. The number of ether oxygens (including phenoxy) is 1. The number of nitrogens with one attached hydrogen (secondary N) is 1. The Balaban J connectivity index is 1.84. The summed E-state index contributed by atoms with van der Waals surface area (Å²) in [4.78, 5) is 27.8. The normalized spacial score (nSPS) is 25.2. The highest BCUT2D eigenvalue weighted by atomic mass is 35.5. The third-order valence-electron chi connectivity index (χ3n) is 7.39. The molecule has 206 valence electrons. The van der Waals surface area contributed by atoms with Crippen LogP contribution in [0.3, 0.4) is 0 Å². The number of piperidine rings is 1. The van der Waals surface area contributed by atoms with E-state index in [9.17, 15) is 23.1 Å². The van der Waals surface area contributed by atoms with E-state index in [1.165, 1.54) is 0 Å². The standard InChI is InChI=1S/C27H32Cl2N2O6S/c1-3-22(16-38(35,36)30-21-14-37-15-21)31-25(17-7-9-19(28)10-8-17)23(18-5-4-6-20(29)11-18)12-27(2,26(31)34)13-24(32)33/h4-11,21-23,25,30H,3,12-16H2,1-2H3,(H,32,33). The zero-order valence-electron chi connectivity index (χ0n) is 21.3.